The van der Waals surface area contributed by atoms with Crippen LogP contribution in [-0.4, -0.2) is 22.3 Å². The summed E-state index contributed by atoms with van der Waals surface area (Å²) >= 11 is 0. The SMILES string of the molecule is N[C@H]1CC[C@@H](Nc2ccc3[nH]ncc3c2)CC1. The van der Waals surface area contributed by atoms with Crippen LogP contribution < -0.4 is 11.1 Å². The number of hydrogen-bond acceptors (Lipinski definition) is 3. The summed E-state index contributed by atoms with van der Waals surface area (Å²) in [6.07, 6.45) is 6.46. The van der Waals surface area contributed by atoms with E-state index in [0.29, 0.717) is 12.1 Å². The van der Waals surface area contributed by atoms with Crippen LogP contribution >= 0.6 is 0 Å². The Hall–Kier alpha value is -1.55. The molecular weight excluding hydrogens is 212 g/mol. The van der Waals surface area contributed by atoms with Crippen molar-refractivity contribution in [3.05, 3.63) is 24.4 Å². The Morgan fingerprint density at radius 1 is 1.24 bits per heavy atom. The van der Waals surface area contributed by atoms with E-state index in [-0.39, 0.29) is 0 Å². The van der Waals surface area contributed by atoms with E-state index in [2.05, 4.69) is 33.7 Å². The van der Waals surface area contributed by atoms with Gasteiger partial charge < -0.3 is 11.1 Å². The first kappa shape index (κ1) is 10.6. The van der Waals surface area contributed by atoms with Crippen molar-refractivity contribution in [1.82, 2.24) is 10.2 Å². The summed E-state index contributed by atoms with van der Waals surface area (Å²) in [6, 6.07) is 7.30. The van der Waals surface area contributed by atoms with Crippen LogP contribution in [0.2, 0.25) is 0 Å². The minimum absolute atomic E-state index is 0.407. The normalized spacial score (nSPS) is 25.0. The molecule has 0 unspecified atom stereocenters. The molecule has 4 N–H and O–H groups in total. The second-order valence-electron chi connectivity index (χ2n) is 4.93. The van der Waals surface area contributed by atoms with Crippen molar-refractivity contribution in [3.8, 4) is 0 Å². The van der Waals surface area contributed by atoms with Crippen molar-refractivity contribution >= 4 is 16.6 Å². The molecule has 0 aliphatic heterocycles. The van der Waals surface area contributed by atoms with Gasteiger partial charge in [0.1, 0.15) is 0 Å². The number of H-pyrrole nitrogens is 1. The zero-order valence-corrected chi connectivity index (χ0v) is 9.82. The van der Waals surface area contributed by atoms with E-state index in [1.165, 1.54) is 18.5 Å². The molecule has 1 heterocycles. The highest BCUT2D eigenvalue weighted by molar-refractivity contribution is 5.81. The zero-order valence-electron chi connectivity index (χ0n) is 9.82. The van der Waals surface area contributed by atoms with Crippen LogP contribution in [0.15, 0.2) is 24.4 Å². The summed E-state index contributed by atoms with van der Waals surface area (Å²) in [5.41, 5.74) is 8.18. The maximum Gasteiger partial charge on any atom is 0.0651 e. The van der Waals surface area contributed by atoms with Crippen molar-refractivity contribution in [2.45, 2.75) is 37.8 Å². The highest BCUT2D eigenvalue weighted by atomic mass is 15.1. The van der Waals surface area contributed by atoms with Crippen molar-refractivity contribution in [2.75, 3.05) is 5.32 Å². The van der Waals surface area contributed by atoms with Gasteiger partial charge in [0.15, 0.2) is 0 Å². The van der Waals surface area contributed by atoms with E-state index in [9.17, 15) is 0 Å². The highest BCUT2D eigenvalue weighted by Gasteiger charge is 2.18. The molecule has 0 spiro atoms. The third-order valence-corrected chi connectivity index (χ3v) is 3.58. The molecule has 0 radical (unpaired) electrons. The van der Waals surface area contributed by atoms with Gasteiger partial charge in [-0.15, -0.1) is 0 Å². The predicted octanol–water partition coefficient (Wildman–Crippen LogP) is 2.24. The quantitative estimate of drug-likeness (QED) is 0.741. The lowest BCUT2D eigenvalue weighted by Crippen LogP contribution is -2.32. The Balaban J connectivity index is 1.71. The first-order valence-corrected chi connectivity index (χ1v) is 6.26. The van der Waals surface area contributed by atoms with Gasteiger partial charge in [-0.05, 0) is 43.9 Å². The van der Waals surface area contributed by atoms with Crippen LogP contribution in [0.4, 0.5) is 5.69 Å². The van der Waals surface area contributed by atoms with Gasteiger partial charge in [0.2, 0.25) is 0 Å². The minimum atomic E-state index is 0.407. The molecule has 4 heteroatoms. The summed E-state index contributed by atoms with van der Waals surface area (Å²) < 4.78 is 0. The van der Waals surface area contributed by atoms with Crippen LogP contribution in [0, 0.1) is 0 Å². The van der Waals surface area contributed by atoms with Crippen molar-refractivity contribution in [2.24, 2.45) is 5.73 Å². The van der Waals surface area contributed by atoms with Crippen LogP contribution in [0.3, 0.4) is 0 Å². The van der Waals surface area contributed by atoms with Crippen LogP contribution in [0.1, 0.15) is 25.7 Å². The van der Waals surface area contributed by atoms with E-state index in [4.69, 9.17) is 5.73 Å². The van der Waals surface area contributed by atoms with E-state index in [0.717, 1.165) is 23.7 Å². The number of benzene rings is 1. The van der Waals surface area contributed by atoms with Crippen LogP contribution in [0.5, 0.6) is 0 Å². The van der Waals surface area contributed by atoms with Gasteiger partial charge in [-0.2, -0.15) is 5.10 Å². The molecule has 1 aliphatic rings. The maximum atomic E-state index is 5.91. The fraction of sp³-hybridized carbons (Fsp3) is 0.462. The number of nitrogens with two attached hydrogens (primary N) is 1. The molecule has 0 amide bonds. The molecular formula is C13H18N4. The van der Waals surface area contributed by atoms with E-state index in [1.54, 1.807) is 0 Å². The lowest BCUT2D eigenvalue weighted by molar-refractivity contribution is 0.411. The average Bonchev–Trinajstić information content (AvgIpc) is 2.79. The standard InChI is InChI=1S/C13H18N4/c14-10-1-3-11(4-2-10)16-12-5-6-13-9(7-12)8-15-17-13/h5-8,10-11,16H,1-4,14H2,(H,15,17)/t10-,11+. The summed E-state index contributed by atoms with van der Waals surface area (Å²) in [5.74, 6) is 0. The molecule has 0 atom stereocenters. The minimum Gasteiger partial charge on any atom is -0.382 e. The fourth-order valence-corrected chi connectivity index (χ4v) is 2.53. The monoisotopic (exact) mass is 230 g/mol. The van der Waals surface area contributed by atoms with E-state index >= 15 is 0 Å². The van der Waals surface area contributed by atoms with Crippen molar-refractivity contribution in [3.63, 3.8) is 0 Å². The Morgan fingerprint density at radius 2 is 2.06 bits per heavy atom. The van der Waals surface area contributed by atoms with Gasteiger partial charge in [-0.25, -0.2) is 0 Å². The second kappa shape index (κ2) is 4.37. The van der Waals surface area contributed by atoms with Crippen molar-refractivity contribution in [1.29, 1.82) is 0 Å². The van der Waals surface area contributed by atoms with Gasteiger partial charge in [-0.3, -0.25) is 5.10 Å². The van der Waals surface area contributed by atoms with Crippen LogP contribution in [-0.2, 0) is 0 Å². The molecule has 0 bridgehead atoms. The molecule has 17 heavy (non-hydrogen) atoms. The smallest absolute Gasteiger partial charge is 0.0651 e. The van der Waals surface area contributed by atoms with E-state index < -0.39 is 0 Å². The molecule has 3 rings (SSSR count). The number of nitrogens with one attached hydrogen (secondary N) is 2. The molecule has 1 saturated carbocycles. The molecule has 0 saturated heterocycles. The topological polar surface area (TPSA) is 66.7 Å². The Kier molecular flexibility index (Phi) is 2.73. The van der Waals surface area contributed by atoms with Gasteiger partial charge >= 0.3 is 0 Å². The van der Waals surface area contributed by atoms with Gasteiger partial charge in [0.05, 0.1) is 11.7 Å². The molecule has 1 aromatic heterocycles. The molecule has 1 fully saturated rings. The number of aromatic nitrogens is 2. The Labute approximate surface area is 101 Å². The maximum absolute atomic E-state index is 5.91. The lowest BCUT2D eigenvalue weighted by atomic mass is 9.91. The highest BCUT2D eigenvalue weighted by Crippen LogP contribution is 2.23. The van der Waals surface area contributed by atoms with E-state index in [1.807, 2.05) is 6.20 Å². The number of aromatic amines is 1. The molecule has 90 valence electrons. The molecule has 2 aromatic rings. The summed E-state index contributed by atoms with van der Waals surface area (Å²) in [7, 11) is 0. The van der Waals surface area contributed by atoms with Crippen molar-refractivity contribution < 1.29 is 0 Å². The average molecular weight is 230 g/mol. The van der Waals surface area contributed by atoms with Gasteiger partial charge in [0, 0.05) is 23.2 Å². The number of anilines is 1. The Morgan fingerprint density at radius 3 is 2.88 bits per heavy atom. The predicted molar refractivity (Wildman–Crippen MR) is 69.9 cm³/mol. The second-order valence-corrected chi connectivity index (χ2v) is 4.93. The number of nitrogens with zero attached hydrogens (tertiary/aromatic N) is 1. The molecule has 1 aromatic carbocycles. The van der Waals surface area contributed by atoms with Gasteiger partial charge in [0.25, 0.3) is 0 Å². The third-order valence-electron chi connectivity index (χ3n) is 3.58. The first-order valence-electron chi connectivity index (χ1n) is 6.26. The number of hydrogen-bond donors (Lipinski definition) is 3. The third kappa shape index (κ3) is 2.26. The largest absolute Gasteiger partial charge is 0.382 e. The lowest BCUT2D eigenvalue weighted by Gasteiger charge is -2.27. The zero-order chi connectivity index (χ0) is 11.7. The van der Waals surface area contributed by atoms with Gasteiger partial charge in [-0.1, -0.05) is 0 Å². The summed E-state index contributed by atoms with van der Waals surface area (Å²) in [4.78, 5) is 0. The summed E-state index contributed by atoms with van der Waals surface area (Å²) in [5, 5.41) is 11.7. The van der Waals surface area contributed by atoms with Crippen LogP contribution in [0.25, 0.3) is 10.9 Å². The summed E-state index contributed by atoms with van der Waals surface area (Å²) in [6.45, 7) is 0. The number of fused-ring (bicyclic) bond motifs is 1. The first-order chi connectivity index (χ1) is 8.31. The molecule has 1 aliphatic carbocycles. The Bertz CT molecular complexity index is 497. The fourth-order valence-electron chi connectivity index (χ4n) is 2.53. The number of rotatable bonds is 2. The molecule has 4 nitrogen and oxygen atoms in total.